The first-order valence-corrected chi connectivity index (χ1v) is 9.20. The first kappa shape index (κ1) is 20.1. The number of non-ortho nitro benzene ring substituents is 1. The molecule has 3 rings (SSSR count). The van der Waals surface area contributed by atoms with Crippen molar-refractivity contribution in [3.05, 3.63) is 68.8 Å². The van der Waals surface area contributed by atoms with Crippen LogP contribution in [-0.4, -0.2) is 53.4 Å². The molecule has 1 aliphatic heterocycles. The second-order valence-electron chi connectivity index (χ2n) is 6.59. The minimum atomic E-state index is -0.457. The Kier molecular flexibility index (Phi) is 6.22. The number of amides is 1. The van der Waals surface area contributed by atoms with Gasteiger partial charge in [0.2, 0.25) is 5.91 Å². The molecule has 0 spiro atoms. The molecule has 10 nitrogen and oxygen atoms in total. The van der Waals surface area contributed by atoms with Crippen LogP contribution in [0.1, 0.15) is 6.42 Å². The van der Waals surface area contributed by atoms with Gasteiger partial charge in [0, 0.05) is 63.0 Å². The Labute approximate surface area is 167 Å². The van der Waals surface area contributed by atoms with Crippen molar-refractivity contribution in [1.29, 1.82) is 0 Å². The van der Waals surface area contributed by atoms with Crippen molar-refractivity contribution in [2.75, 3.05) is 42.9 Å². The number of nitrogens with zero attached hydrogens (tertiary/aromatic N) is 4. The van der Waals surface area contributed by atoms with Crippen LogP contribution in [0.5, 0.6) is 0 Å². The number of anilines is 2. The average Bonchev–Trinajstić information content (AvgIpc) is 2.74. The van der Waals surface area contributed by atoms with Gasteiger partial charge in [-0.2, -0.15) is 0 Å². The smallest absolute Gasteiger partial charge is 0.292 e. The second-order valence-corrected chi connectivity index (χ2v) is 6.59. The predicted octanol–water partition coefficient (Wildman–Crippen LogP) is 2.65. The third-order valence-corrected chi connectivity index (χ3v) is 4.81. The van der Waals surface area contributed by atoms with E-state index in [1.54, 1.807) is 35.2 Å². The summed E-state index contributed by atoms with van der Waals surface area (Å²) in [4.78, 5) is 37.2. The summed E-state index contributed by atoms with van der Waals surface area (Å²) in [7, 11) is 0. The second kappa shape index (κ2) is 9.00. The summed E-state index contributed by atoms with van der Waals surface area (Å²) in [5.41, 5.74) is 1.32. The summed E-state index contributed by atoms with van der Waals surface area (Å²) in [6.45, 7) is 2.71. The van der Waals surface area contributed by atoms with Gasteiger partial charge in [0.25, 0.3) is 11.4 Å². The Balaban J connectivity index is 1.46. The van der Waals surface area contributed by atoms with E-state index in [9.17, 15) is 25.0 Å². The number of benzene rings is 2. The Morgan fingerprint density at radius 1 is 0.931 bits per heavy atom. The molecule has 29 heavy (non-hydrogen) atoms. The molecule has 1 N–H and O–H groups in total. The number of carbonyl (C=O) groups is 1. The number of nitrogens with one attached hydrogen (secondary N) is 1. The van der Waals surface area contributed by atoms with Crippen LogP contribution < -0.4 is 10.2 Å². The summed E-state index contributed by atoms with van der Waals surface area (Å²) >= 11 is 0. The molecule has 0 aliphatic carbocycles. The van der Waals surface area contributed by atoms with E-state index >= 15 is 0 Å². The standard InChI is InChI=1S/C19H21N5O5/c25-19(9-10-20-17-3-1-2-4-18(17)24(28)29)22-13-11-21(12-14-22)15-5-7-16(8-6-15)23(26)27/h1-8,20H,9-14H2. The van der Waals surface area contributed by atoms with Gasteiger partial charge in [0.05, 0.1) is 9.85 Å². The molecule has 0 bridgehead atoms. The SMILES string of the molecule is O=C(CCNc1ccccc1[N+](=O)[O-])N1CCN(c2ccc([N+](=O)[O-])cc2)CC1. The molecule has 1 fully saturated rings. The highest BCUT2D eigenvalue weighted by Gasteiger charge is 2.21. The number of para-hydroxylation sites is 2. The third kappa shape index (κ3) is 4.98. The molecule has 2 aromatic rings. The van der Waals surface area contributed by atoms with Crippen LogP contribution in [0.25, 0.3) is 0 Å². The maximum absolute atomic E-state index is 12.4. The van der Waals surface area contributed by atoms with E-state index in [1.807, 2.05) is 0 Å². The molecule has 1 aliphatic rings. The van der Waals surface area contributed by atoms with E-state index in [4.69, 9.17) is 0 Å². The third-order valence-electron chi connectivity index (χ3n) is 4.81. The van der Waals surface area contributed by atoms with Crippen LogP contribution >= 0.6 is 0 Å². The van der Waals surface area contributed by atoms with Crippen molar-refractivity contribution in [3.8, 4) is 0 Å². The molecule has 0 radical (unpaired) electrons. The highest BCUT2D eigenvalue weighted by atomic mass is 16.6. The van der Waals surface area contributed by atoms with Crippen LogP contribution in [-0.2, 0) is 4.79 Å². The number of piperazine rings is 1. The van der Waals surface area contributed by atoms with Crippen molar-refractivity contribution < 1.29 is 14.6 Å². The number of rotatable bonds is 7. The first-order chi connectivity index (χ1) is 14.0. The van der Waals surface area contributed by atoms with Crippen LogP contribution in [0.4, 0.5) is 22.7 Å². The van der Waals surface area contributed by atoms with Gasteiger partial charge in [-0.05, 0) is 18.2 Å². The van der Waals surface area contributed by atoms with E-state index in [-0.39, 0.29) is 23.7 Å². The zero-order chi connectivity index (χ0) is 20.8. The molecular weight excluding hydrogens is 378 g/mol. The van der Waals surface area contributed by atoms with E-state index in [1.165, 1.54) is 18.2 Å². The van der Waals surface area contributed by atoms with E-state index in [0.717, 1.165) is 5.69 Å². The van der Waals surface area contributed by atoms with Crippen LogP contribution in [0, 0.1) is 20.2 Å². The molecule has 1 heterocycles. The summed E-state index contributed by atoms with van der Waals surface area (Å²) in [5, 5.41) is 24.7. The molecule has 1 amide bonds. The lowest BCUT2D eigenvalue weighted by atomic mass is 10.2. The maximum Gasteiger partial charge on any atom is 0.292 e. The summed E-state index contributed by atoms with van der Waals surface area (Å²) in [6, 6.07) is 12.7. The zero-order valence-electron chi connectivity index (χ0n) is 15.7. The Morgan fingerprint density at radius 3 is 2.21 bits per heavy atom. The number of carbonyl (C=O) groups excluding carboxylic acids is 1. The number of hydrogen-bond acceptors (Lipinski definition) is 7. The van der Waals surface area contributed by atoms with Crippen molar-refractivity contribution in [3.63, 3.8) is 0 Å². The zero-order valence-corrected chi connectivity index (χ0v) is 15.7. The molecule has 1 saturated heterocycles. The largest absolute Gasteiger partial charge is 0.379 e. The van der Waals surface area contributed by atoms with Crippen LogP contribution in [0.3, 0.4) is 0 Å². The summed E-state index contributed by atoms with van der Waals surface area (Å²) in [6.07, 6.45) is 0.240. The Morgan fingerprint density at radius 2 is 1.59 bits per heavy atom. The molecule has 0 atom stereocenters. The van der Waals surface area contributed by atoms with Gasteiger partial charge in [-0.15, -0.1) is 0 Å². The number of hydrogen-bond donors (Lipinski definition) is 1. The highest BCUT2D eigenvalue weighted by Crippen LogP contribution is 2.23. The first-order valence-electron chi connectivity index (χ1n) is 9.20. The van der Waals surface area contributed by atoms with Crippen LogP contribution in [0.15, 0.2) is 48.5 Å². The highest BCUT2D eigenvalue weighted by molar-refractivity contribution is 5.77. The van der Waals surface area contributed by atoms with Crippen molar-refractivity contribution in [2.24, 2.45) is 0 Å². The fraction of sp³-hybridized carbons (Fsp3) is 0.316. The van der Waals surface area contributed by atoms with Crippen LogP contribution in [0.2, 0.25) is 0 Å². The average molecular weight is 399 g/mol. The van der Waals surface area contributed by atoms with E-state index in [0.29, 0.717) is 38.4 Å². The summed E-state index contributed by atoms with van der Waals surface area (Å²) in [5.74, 6) is -0.0144. The monoisotopic (exact) mass is 399 g/mol. The van der Waals surface area contributed by atoms with Gasteiger partial charge in [0.15, 0.2) is 0 Å². The van der Waals surface area contributed by atoms with E-state index in [2.05, 4.69) is 10.2 Å². The fourth-order valence-electron chi connectivity index (χ4n) is 3.24. The van der Waals surface area contributed by atoms with Gasteiger partial charge >= 0.3 is 0 Å². The van der Waals surface area contributed by atoms with Gasteiger partial charge in [-0.3, -0.25) is 25.0 Å². The Hall–Kier alpha value is -3.69. The molecule has 0 aromatic heterocycles. The quantitative estimate of drug-likeness (QED) is 0.561. The molecule has 152 valence electrons. The number of nitro groups is 2. The topological polar surface area (TPSA) is 122 Å². The van der Waals surface area contributed by atoms with Crippen molar-refractivity contribution in [1.82, 2.24) is 4.90 Å². The molecule has 10 heteroatoms. The van der Waals surface area contributed by atoms with Crippen molar-refractivity contribution >= 4 is 28.7 Å². The fourth-order valence-corrected chi connectivity index (χ4v) is 3.24. The van der Waals surface area contributed by atoms with E-state index < -0.39 is 9.85 Å². The maximum atomic E-state index is 12.4. The molecule has 2 aromatic carbocycles. The van der Waals surface area contributed by atoms with Gasteiger partial charge in [-0.1, -0.05) is 12.1 Å². The minimum absolute atomic E-state index is 0.0144. The number of nitro benzene ring substituents is 2. The lowest BCUT2D eigenvalue weighted by Gasteiger charge is -2.36. The van der Waals surface area contributed by atoms with Crippen molar-refractivity contribution in [2.45, 2.75) is 6.42 Å². The van der Waals surface area contributed by atoms with Gasteiger partial charge in [-0.25, -0.2) is 0 Å². The lowest BCUT2D eigenvalue weighted by Crippen LogP contribution is -2.49. The normalized spacial score (nSPS) is 13.8. The molecule has 0 saturated carbocycles. The van der Waals surface area contributed by atoms with Gasteiger partial charge in [0.1, 0.15) is 5.69 Å². The predicted molar refractivity (Wildman–Crippen MR) is 108 cm³/mol. The minimum Gasteiger partial charge on any atom is -0.379 e. The lowest BCUT2D eigenvalue weighted by molar-refractivity contribution is -0.384. The van der Waals surface area contributed by atoms with Gasteiger partial charge < -0.3 is 15.1 Å². The molecular formula is C19H21N5O5. The summed E-state index contributed by atoms with van der Waals surface area (Å²) < 4.78 is 0. The Bertz CT molecular complexity index is 894. The molecule has 0 unspecified atom stereocenters.